The van der Waals surface area contributed by atoms with Crippen LogP contribution in [0.1, 0.15) is 57.2 Å². The molecule has 0 unspecified atom stereocenters. The van der Waals surface area contributed by atoms with Gasteiger partial charge >= 0.3 is 0 Å². The van der Waals surface area contributed by atoms with E-state index in [0.29, 0.717) is 17.9 Å². The van der Waals surface area contributed by atoms with Gasteiger partial charge in [-0.1, -0.05) is 12.8 Å². The number of aromatic nitrogens is 4. The average molecular weight is 349 g/mol. The lowest BCUT2D eigenvalue weighted by atomic mass is 9.80. The Morgan fingerprint density at radius 1 is 1.04 bits per heavy atom. The second kappa shape index (κ2) is 8.10. The van der Waals surface area contributed by atoms with Gasteiger partial charge in [0.25, 0.3) is 0 Å². The van der Waals surface area contributed by atoms with Crippen LogP contribution in [0.25, 0.3) is 0 Å². The Labute approximate surface area is 149 Å². The van der Waals surface area contributed by atoms with E-state index in [9.17, 15) is 5.11 Å². The summed E-state index contributed by atoms with van der Waals surface area (Å²) in [6.07, 6.45) is 9.05. The van der Waals surface area contributed by atoms with Gasteiger partial charge in [0, 0.05) is 31.7 Å². The Hall–Kier alpha value is -1.05. The summed E-state index contributed by atoms with van der Waals surface area (Å²) in [5.74, 6) is 2.02. The Morgan fingerprint density at radius 2 is 1.88 bits per heavy atom. The van der Waals surface area contributed by atoms with Crippen molar-refractivity contribution in [1.29, 1.82) is 0 Å². The monoisotopic (exact) mass is 349 g/mol. The van der Waals surface area contributed by atoms with Crippen molar-refractivity contribution in [1.82, 2.24) is 25.1 Å². The molecule has 3 atom stereocenters. The van der Waals surface area contributed by atoms with Crippen LogP contribution in [-0.4, -0.2) is 62.1 Å². The third kappa shape index (κ3) is 4.04. The van der Waals surface area contributed by atoms with Crippen LogP contribution in [0.5, 0.6) is 0 Å². The fourth-order valence-electron chi connectivity index (χ4n) is 4.96. The Morgan fingerprint density at radius 3 is 2.72 bits per heavy atom. The summed E-state index contributed by atoms with van der Waals surface area (Å²) >= 11 is 0. The number of nitrogens with zero attached hydrogens (tertiary/aromatic N) is 5. The zero-order chi connectivity index (χ0) is 17.1. The molecule has 3 aliphatic rings. The molecule has 7 heteroatoms. The van der Waals surface area contributed by atoms with E-state index < -0.39 is 0 Å². The molecule has 0 bridgehead atoms. The predicted molar refractivity (Wildman–Crippen MR) is 92.8 cm³/mol. The third-order valence-corrected chi connectivity index (χ3v) is 6.41. The summed E-state index contributed by atoms with van der Waals surface area (Å²) < 4.78 is 7.46. The number of hydrogen-bond acceptors (Lipinski definition) is 6. The van der Waals surface area contributed by atoms with Gasteiger partial charge in [-0.2, -0.15) is 0 Å². The molecule has 140 valence electrons. The number of ether oxygens (including phenoxy) is 1. The highest BCUT2D eigenvalue weighted by atomic mass is 16.5. The van der Waals surface area contributed by atoms with Crippen LogP contribution < -0.4 is 0 Å². The molecule has 3 heterocycles. The number of aliphatic hydroxyl groups excluding tert-OH is 1. The van der Waals surface area contributed by atoms with Crippen LogP contribution in [-0.2, 0) is 17.8 Å². The van der Waals surface area contributed by atoms with Crippen LogP contribution in [0.2, 0.25) is 0 Å². The van der Waals surface area contributed by atoms with Crippen LogP contribution in [0.3, 0.4) is 0 Å². The van der Waals surface area contributed by atoms with Crippen molar-refractivity contribution in [3.8, 4) is 0 Å². The molecule has 1 N–H and O–H groups in total. The Kier molecular flexibility index (Phi) is 5.63. The highest BCUT2D eigenvalue weighted by Gasteiger charge is 2.37. The minimum absolute atomic E-state index is 0.127. The second-order valence-electron chi connectivity index (χ2n) is 8.03. The molecule has 1 aromatic heterocycles. The topological polar surface area (TPSA) is 76.3 Å². The van der Waals surface area contributed by atoms with E-state index in [1.165, 1.54) is 25.7 Å². The lowest BCUT2D eigenvalue weighted by Gasteiger charge is -2.37. The van der Waals surface area contributed by atoms with Crippen molar-refractivity contribution in [2.24, 2.45) is 11.8 Å². The Bertz CT molecular complexity index is 545. The van der Waals surface area contributed by atoms with Crippen molar-refractivity contribution in [2.45, 2.75) is 76.6 Å². The molecule has 7 nitrogen and oxygen atoms in total. The largest absolute Gasteiger partial charge is 0.393 e. The first-order valence-electron chi connectivity index (χ1n) is 10.1. The van der Waals surface area contributed by atoms with Gasteiger partial charge in [0.05, 0.1) is 12.6 Å². The van der Waals surface area contributed by atoms with Gasteiger partial charge in [-0.05, 0) is 61.4 Å². The van der Waals surface area contributed by atoms with Crippen LogP contribution in [0, 0.1) is 11.8 Å². The van der Waals surface area contributed by atoms with Gasteiger partial charge in [-0.3, -0.25) is 4.90 Å². The van der Waals surface area contributed by atoms with E-state index in [4.69, 9.17) is 4.74 Å². The van der Waals surface area contributed by atoms with E-state index in [2.05, 4.69) is 20.4 Å². The molecular formula is C18H31N5O2. The first-order chi connectivity index (χ1) is 12.3. The zero-order valence-corrected chi connectivity index (χ0v) is 15.1. The molecular weight excluding hydrogens is 318 g/mol. The molecule has 0 radical (unpaired) electrons. The number of rotatable bonds is 5. The number of aliphatic hydroxyl groups is 1. The highest BCUT2D eigenvalue weighted by Crippen LogP contribution is 2.35. The van der Waals surface area contributed by atoms with E-state index in [-0.39, 0.29) is 6.10 Å². The van der Waals surface area contributed by atoms with Crippen molar-refractivity contribution >= 4 is 0 Å². The number of likely N-dealkylation sites (tertiary alicyclic amines) is 1. The van der Waals surface area contributed by atoms with Gasteiger partial charge in [-0.15, -0.1) is 5.10 Å². The maximum Gasteiger partial charge on any atom is 0.165 e. The summed E-state index contributed by atoms with van der Waals surface area (Å²) in [5.41, 5.74) is 0. The molecule has 2 saturated heterocycles. The summed E-state index contributed by atoms with van der Waals surface area (Å²) in [5, 5.41) is 23.0. The van der Waals surface area contributed by atoms with Gasteiger partial charge < -0.3 is 9.84 Å². The fraction of sp³-hybridized carbons (Fsp3) is 0.944. The quantitative estimate of drug-likeness (QED) is 0.870. The number of hydrogen-bond donors (Lipinski definition) is 1. The van der Waals surface area contributed by atoms with E-state index in [1.807, 2.05) is 4.68 Å². The maximum absolute atomic E-state index is 10.5. The van der Waals surface area contributed by atoms with Crippen molar-refractivity contribution in [3.05, 3.63) is 5.82 Å². The fourth-order valence-corrected chi connectivity index (χ4v) is 4.96. The molecule has 2 aliphatic heterocycles. The molecule has 0 spiro atoms. The summed E-state index contributed by atoms with van der Waals surface area (Å²) in [7, 11) is 0. The number of tetrazole rings is 1. The van der Waals surface area contributed by atoms with Gasteiger partial charge in [0.15, 0.2) is 5.82 Å². The van der Waals surface area contributed by atoms with E-state index in [0.717, 1.165) is 64.4 Å². The summed E-state index contributed by atoms with van der Waals surface area (Å²) in [4.78, 5) is 2.52. The average Bonchev–Trinajstić information content (AvgIpc) is 3.27. The van der Waals surface area contributed by atoms with Gasteiger partial charge in [0.2, 0.25) is 0 Å². The predicted octanol–water partition coefficient (Wildman–Crippen LogP) is 1.62. The lowest BCUT2D eigenvalue weighted by molar-refractivity contribution is 0.0189. The zero-order valence-electron chi connectivity index (χ0n) is 15.1. The van der Waals surface area contributed by atoms with Crippen molar-refractivity contribution in [2.75, 3.05) is 19.8 Å². The summed E-state index contributed by atoms with van der Waals surface area (Å²) in [6.45, 7) is 4.52. The van der Waals surface area contributed by atoms with Crippen LogP contribution in [0.15, 0.2) is 0 Å². The summed E-state index contributed by atoms with van der Waals surface area (Å²) in [6, 6.07) is 0.489. The SMILES string of the molecule is O[C@@H]1CCCC[C@@H]1[C@@H]1CCCN1Cc1nnnn1CC1CCOCC1. The minimum Gasteiger partial charge on any atom is -0.393 e. The maximum atomic E-state index is 10.5. The molecule has 0 aromatic carbocycles. The molecule has 3 fully saturated rings. The van der Waals surface area contributed by atoms with Gasteiger partial charge in [-0.25, -0.2) is 4.68 Å². The molecule has 25 heavy (non-hydrogen) atoms. The van der Waals surface area contributed by atoms with Crippen molar-refractivity contribution in [3.63, 3.8) is 0 Å². The van der Waals surface area contributed by atoms with E-state index >= 15 is 0 Å². The smallest absolute Gasteiger partial charge is 0.165 e. The van der Waals surface area contributed by atoms with Crippen LogP contribution >= 0.6 is 0 Å². The molecule has 1 aliphatic carbocycles. The minimum atomic E-state index is -0.127. The molecule has 4 rings (SSSR count). The standard InChI is InChI=1S/C18H31N5O2/c24-17-6-2-1-4-15(17)16-5-3-9-22(16)13-18-19-20-21-23(18)12-14-7-10-25-11-8-14/h14-17,24H,1-13H2/t15-,16+,17-/m1/s1. The first kappa shape index (κ1) is 17.4. The lowest BCUT2D eigenvalue weighted by Crippen LogP contribution is -2.42. The third-order valence-electron chi connectivity index (χ3n) is 6.41. The molecule has 1 aromatic rings. The highest BCUT2D eigenvalue weighted by molar-refractivity contribution is 4.93. The first-order valence-corrected chi connectivity index (χ1v) is 10.1. The second-order valence-corrected chi connectivity index (χ2v) is 8.03. The van der Waals surface area contributed by atoms with Crippen LogP contribution in [0.4, 0.5) is 0 Å². The normalized spacial score (nSPS) is 32.3. The van der Waals surface area contributed by atoms with Crippen molar-refractivity contribution < 1.29 is 9.84 Å². The van der Waals surface area contributed by atoms with Gasteiger partial charge in [0.1, 0.15) is 0 Å². The Balaban J connectivity index is 1.40. The van der Waals surface area contributed by atoms with E-state index in [1.54, 1.807) is 0 Å². The molecule has 0 amide bonds. The molecule has 1 saturated carbocycles.